The molecule has 92 valence electrons. The average Bonchev–Trinajstić information content (AvgIpc) is 2.77. The standard InChI is InChI=1S/C14H20N2O/c1-2-13-7-4-8-16(13)14(17)10-11-5-3-6-12(15)9-11/h3,5-6,9,13H,2,4,7-8,10,15H2,1H3. The predicted octanol–water partition coefficient (Wildman–Crippen LogP) is 2.21. The highest BCUT2D eigenvalue weighted by Gasteiger charge is 2.26. The van der Waals surface area contributed by atoms with Gasteiger partial charge in [-0.15, -0.1) is 0 Å². The van der Waals surface area contributed by atoms with Crippen molar-refractivity contribution in [1.29, 1.82) is 0 Å². The minimum atomic E-state index is 0.236. The molecule has 1 heterocycles. The number of nitrogens with zero attached hydrogens (tertiary/aromatic N) is 1. The van der Waals surface area contributed by atoms with E-state index >= 15 is 0 Å². The van der Waals surface area contributed by atoms with Crippen LogP contribution < -0.4 is 5.73 Å². The fraction of sp³-hybridized carbons (Fsp3) is 0.500. The second-order valence-corrected chi connectivity index (χ2v) is 4.71. The van der Waals surface area contributed by atoms with Crippen molar-refractivity contribution in [3.05, 3.63) is 29.8 Å². The van der Waals surface area contributed by atoms with E-state index in [0.29, 0.717) is 12.5 Å². The molecule has 0 radical (unpaired) electrons. The molecule has 1 unspecified atom stereocenters. The minimum Gasteiger partial charge on any atom is -0.399 e. The zero-order chi connectivity index (χ0) is 12.3. The van der Waals surface area contributed by atoms with Crippen molar-refractivity contribution < 1.29 is 4.79 Å². The Hall–Kier alpha value is -1.51. The molecule has 1 amide bonds. The molecule has 0 saturated carbocycles. The summed E-state index contributed by atoms with van der Waals surface area (Å²) >= 11 is 0. The first-order valence-corrected chi connectivity index (χ1v) is 6.34. The number of carbonyl (C=O) groups is 1. The first kappa shape index (κ1) is 12.0. The Morgan fingerprint density at radius 1 is 1.53 bits per heavy atom. The zero-order valence-electron chi connectivity index (χ0n) is 10.4. The summed E-state index contributed by atoms with van der Waals surface area (Å²) in [5, 5.41) is 0. The first-order valence-electron chi connectivity index (χ1n) is 6.34. The number of amides is 1. The number of rotatable bonds is 3. The minimum absolute atomic E-state index is 0.236. The van der Waals surface area contributed by atoms with E-state index in [1.165, 1.54) is 0 Å². The summed E-state index contributed by atoms with van der Waals surface area (Å²) in [5.41, 5.74) is 7.45. The number of anilines is 1. The van der Waals surface area contributed by atoms with Gasteiger partial charge in [-0.3, -0.25) is 4.79 Å². The Morgan fingerprint density at radius 2 is 2.35 bits per heavy atom. The Labute approximate surface area is 103 Å². The first-order chi connectivity index (χ1) is 8.20. The highest BCUT2D eigenvalue weighted by atomic mass is 16.2. The lowest BCUT2D eigenvalue weighted by molar-refractivity contribution is -0.131. The lowest BCUT2D eigenvalue weighted by Crippen LogP contribution is -2.36. The maximum atomic E-state index is 12.2. The van der Waals surface area contributed by atoms with Gasteiger partial charge in [-0.2, -0.15) is 0 Å². The molecule has 1 aromatic rings. The lowest BCUT2D eigenvalue weighted by atomic mass is 10.1. The van der Waals surface area contributed by atoms with Gasteiger partial charge >= 0.3 is 0 Å². The number of likely N-dealkylation sites (tertiary alicyclic amines) is 1. The van der Waals surface area contributed by atoms with Gasteiger partial charge in [-0.25, -0.2) is 0 Å². The molecule has 1 aromatic carbocycles. The van der Waals surface area contributed by atoms with E-state index in [1.54, 1.807) is 0 Å². The molecule has 3 heteroatoms. The molecular formula is C14H20N2O. The van der Waals surface area contributed by atoms with Crippen molar-refractivity contribution >= 4 is 11.6 Å². The Morgan fingerprint density at radius 3 is 3.06 bits per heavy atom. The van der Waals surface area contributed by atoms with E-state index in [4.69, 9.17) is 5.73 Å². The van der Waals surface area contributed by atoms with Gasteiger partial charge in [0.1, 0.15) is 0 Å². The van der Waals surface area contributed by atoms with Gasteiger partial charge in [-0.1, -0.05) is 19.1 Å². The van der Waals surface area contributed by atoms with Gasteiger partial charge in [-0.05, 0) is 37.0 Å². The summed E-state index contributed by atoms with van der Waals surface area (Å²) in [7, 11) is 0. The molecule has 17 heavy (non-hydrogen) atoms. The van der Waals surface area contributed by atoms with Crippen LogP contribution in [0.2, 0.25) is 0 Å². The maximum Gasteiger partial charge on any atom is 0.227 e. The molecule has 1 fully saturated rings. The van der Waals surface area contributed by atoms with Crippen molar-refractivity contribution in [2.24, 2.45) is 0 Å². The lowest BCUT2D eigenvalue weighted by Gasteiger charge is -2.23. The number of benzene rings is 1. The molecule has 1 aliphatic rings. The van der Waals surface area contributed by atoms with E-state index in [1.807, 2.05) is 29.2 Å². The fourth-order valence-electron chi connectivity index (χ4n) is 2.57. The van der Waals surface area contributed by atoms with Gasteiger partial charge < -0.3 is 10.6 Å². The van der Waals surface area contributed by atoms with E-state index in [-0.39, 0.29) is 5.91 Å². The molecule has 1 atom stereocenters. The third-order valence-corrected chi connectivity index (χ3v) is 3.48. The second kappa shape index (κ2) is 5.21. The molecule has 1 saturated heterocycles. The Kier molecular flexibility index (Phi) is 3.67. The molecule has 2 rings (SSSR count). The van der Waals surface area contributed by atoms with Gasteiger partial charge in [0.05, 0.1) is 6.42 Å². The molecule has 0 aromatic heterocycles. The summed E-state index contributed by atoms with van der Waals surface area (Å²) in [6, 6.07) is 8.04. The van der Waals surface area contributed by atoms with Crippen molar-refractivity contribution in [1.82, 2.24) is 4.90 Å². The molecule has 0 bridgehead atoms. The Bertz CT molecular complexity index is 403. The molecule has 1 aliphatic heterocycles. The largest absolute Gasteiger partial charge is 0.399 e. The number of carbonyl (C=O) groups excluding carboxylic acids is 1. The summed E-state index contributed by atoms with van der Waals surface area (Å²) in [6.07, 6.45) is 3.82. The zero-order valence-corrected chi connectivity index (χ0v) is 10.4. The second-order valence-electron chi connectivity index (χ2n) is 4.71. The topological polar surface area (TPSA) is 46.3 Å². The molecule has 0 aliphatic carbocycles. The van der Waals surface area contributed by atoms with Crippen LogP contribution in [0.3, 0.4) is 0 Å². The average molecular weight is 232 g/mol. The molecule has 0 spiro atoms. The monoisotopic (exact) mass is 232 g/mol. The van der Waals surface area contributed by atoms with Gasteiger partial charge in [0, 0.05) is 18.3 Å². The SMILES string of the molecule is CCC1CCCN1C(=O)Cc1cccc(N)c1. The third kappa shape index (κ3) is 2.78. The van der Waals surface area contributed by atoms with Gasteiger partial charge in [0.15, 0.2) is 0 Å². The number of nitrogens with two attached hydrogens (primary N) is 1. The maximum absolute atomic E-state index is 12.2. The van der Waals surface area contributed by atoms with Crippen molar-refractivity contribution in [2.75, 3.05) is 12.3 Å². The number of hydrogen-bond acceptors (Lipinski definition) is 2. The summed E-state index contributed by atoms with van der Waals surface area (Å²) in [5.74, 6) is 0.236. The summed E-state index contributed by atoms with van der Waals surface area (Å²) in [4.78, 5) is 14.2. The predicted molar refractivity (Wildman–Crippen MR) is 69.6 cm³/mol. The van der Waals surface area contributed by atoms with E-state index in [2.05, 4.69) is 6.92 Å². The summed E-state index contributed by atoms with van der Waals surface area (Å²) < 4.78 is 0. The molecule has 2 N–H and O–H groups in total. The highest BCUT2D eigenvalue weighted by Crippen LogP contribution is 2.21. The van der Waals surface area contributed by atoms with Crippen LogP contribution in [-0.4, -0.2) is 23.4 Å². The van der Waals surface area contributed by atoms with Crippen LogP contribution in [0.25, 0.3) is 0 Å². The van der Waals surface area contributed by atoms with Crippen molar-refractivity contribution in [2.45, 2.75) is 38.6 Å². The van der Waals surface area contributed by atoms with Gasteiger partial charge in [0.2, 0.25) is 5.91 Å². The molecular weight excluding hydrogens is 212 g/mol. The van der Waals surface area contributed by atoms with Crippen LogP contribution >= 0.6 is 0 Å². The van der Waals surface area contributed by atoms with Crippen molar-refractivity contribution in [3.8, 4) is 0 Å². The van der Waals surface area contributed by atoms with Crippen LogP contribution in [-0.2, 0) is 11.2 Å². The van der Waals surface area contributed by atoms with Gasteiger partial charge in [0.25, 0.3) is 0 Å². The normalized spacial score (nSPS) is 19.6. The van der Waals surface area contributed by atoms with E-state index in [0.717, 1.165) is 37.1 Å². The van der Waals surface area contributed by atoms with Crippen LogP contribution in [0.15, 0.2) is 24.3 Å². The smallest absolute Gasteiger partial charge is 0.227 e. The summed E-state index contributed by atoms with van der Waals surface area (Å²) in [6.45, 7) is 3.07. The fourth-order valence-corrected chi connectivity index (χ4v) is 2.57. The molecule has 3 nitrogen and oxygen atoms in total. The number of hydrogen-bond donors (Lipinski definition) is 1. The third-order valence-electron chi connectivity index (χ3n) is 3.48. The number of nitrogen functional groups attached to an aromatic ring is 1. The Balaban J connectivity index is 2.01. The van der Waals surface area contributed by atoms with Crippen LogP contribution in [0, 0.1) is 0 Å². The quantitative estimate of drug-likeness (QED) is 0.812. The van der Waals surface area contributed by atoms with Crippen LogP contribution in [0.1, 0.15) is 31.7 Å². The van der Waals surface area contributed by atoms with Crippen LogP contribution in [0.5, 0.6) is 0 Å². The van der Waals surface area contributed by atoms with E-state index in [9.17, 15) is 4.79 Å². The van der Waals surface area contributed by atoms with Crippen molar-refractivity contribution in [3.63, 3.8) is 0 Å². The highest BCUT2D eigenvalue weighted by molar-refractivity contribution is 5.79. The van der Waals surface area contributed by atoms with E-state index < -0.39 is 0 Å². The van der Waals surface area contributed by atoms with Crippen LogP contribution in [0.4, 0.5) is 5.69 Å².